The van der Waals surface area contributed by atoms with E-state index < -0.39 is 0 Å². The number of nitrogens with one attached hydrogen (secondary N) is 1. The Morgan fingerprint density at radius 2 is 1.62 bits per heavy atom. The number of rotatable bonds is 7. The van der Waals surface area contributed by atoms with Crippen LogP contribution in [0.25, 0.3) is 10.8 Å². The van der Waals surface area contributed by atoms with Gasteiger partial charge in [-0.05, 0) is 28.8 Å². The van der Waals surface area contributed by atoms with Gasteiger partial charge < -0.3 is 15.8 Å². The van der Waals surface area contributed by atoms with E-state index in [1.165, 1.54) is 16.3 Å². The lowest BCUT2D eigenvalue weighted by Crippen LogP contribution is -2.37. The van der Waals surface area contributed by atoms with E-state index in [1.54, 1.807) is 7.11 Å². The van der Waals surface area contributed by atoms with Crippen LogP contribution in [0.4, 0.5) is 0 Å². The molecule has 0 aromatic heterocycles. The third-order valence-electron chi connectivity index (χ3n) is 4.40. The van der Waals surface area contributed by atoms with Gasteiger partial charge in [-0.2, -0.15) is 0 Å². The van der Waals surface area contributed by atoms with Gasteiger partial charge in [0.1, 0.15) is 5.75 Å². The van der Waals surface area contributed by atoms with E-state index in [0.717, 1.165) is 24.3 Å². The predicted molar refractivity (Wildman–Crippen MR) is 100 cm³/mol. The number of hydrogen-bond donors (Lipinski definition) is 2. The lowest BCUT2D eigenvalue weighted by molar-refractivity contribution is 0.405. The van der Waals surface area contributed by atoms with E-state index in [9.17, 15) is 0 Å². The molecule has 3 heteroatoms. The van der Waals surface area contributed by atoms with Crippen LogP contribution in [0.15, 0.2) is 66.7 Å². The SMILES string of the molecule is COc1ccccc1CNC(CN)Cc1cccc2ccccc12. The minimum atomic E-state index is 0.223. The van der Waals surface area contributed by atoms with Crippen molar-refractivity contribution in [3.63, 3.8) is 0 Å². The fourth-order valence-corrected chi connectivity index (χ4v) is 3.08. The molecule has 0 aliphatic heterocycles. The number of nitrogens with two attached hydrogens (primary N) is 1. The number of benzene rings is 3. The molecular weight excluding hydrogens is 296 g/mol. The largest absolute Gasteiger partial charge is 0.496 e. The molecule has 3 aromatic rings. The summed E-state index contributed by atoms with van der Waals surface area (Å²) in [6.45, 7) is 1.34. The van der Waals surface area contributed by atoms with Gasteiger partial charge in [0.25, 0.3) is 0 Å². The van der Waals surface area contributed by atoms with Gasteiger partial charge in [0, 0.05) is 24.7 Å². The van der Waals surface area contributed by atoms with E-state index >= 15 is 0 Å². The topological polar surface area (TPSA) is 47.3 Å². The van der Waals surface area contributed by atoms with Crippen LogP contribution in [-0.2, 0) is 13.0 Å². The van der Waals surface area contributed by atoms with Gasteiger partial charge in [0.15, 0.2) is 0 Å². The molecule has 0 fully saturated rings. The Bertz CT molecular complexity index is 795. The van der Waals surface area contributed by atoms with E-state index in [2.05, 4.69) is 53.8 Å². The van der Waals surface area contributed by atoms with Gasteiger partial charge >= 0.3 is 0 Å². The van der Waals surface area contributed by atoms with E-state index in [-0.39, 0.29) is 6.04 Å². The average Bonchev–Trinajstić information content (AvgIpc) is 2.65. The molecule has 3 N–H and O–H groups in total. The second kappa shape index (κ2) is 7.95. The van der Waals surface area contributed by atoms with E-state index in [1.807, 2.05) is 18.2 Å². The van der Waals surface area contributed by atoms with E-state index in [4.69, 9.17) is 10.5 Å². The van der Waals surface area contributed by atoms with Crippen molar-refractivity contribution >= 4 is 10.8 Å². The summed E-state index contributed by atoms with van der Waals surface area (Å²) in [5, 5.41) is 6.15. The molecule has 0 bridgehead atoms. The molecule has 0 spiro atoms. The third kappa shape index (κ3) is 3.75. The normalized spacial score (nSPS) is 12.2. The zero-order valence-electron chi connectivity index (χ0n) is 14.0. The Morgan fingerprint density at radius 1 is 0.917 bits per heavy atom. The van der Waals surface area contributed by atoms with Crippen LogP contribution >= 0.6 is 0 Å². The Kier molecular flexibility index (Phi) is 5.47. The standard InChI is InChI=1S/C21H24N2O/c1-24-21-12-5-3-8-18(21)15-23-19(14-22)13-17-10-6-9-16-7-2-4-11-20(16)17/h2-12,19,23H,13-15,22H2,1H3. The summed E-state index contributed by atoms with van der Waals surface area (Å²) in [5.74, 6) is 0.908. The maximum atomic E-state index is 6.01. The van der Waals surface area contributed by atoms with Crippen LogP contribution in [0, 0.1) is 0 Å². The van der Waals surface area contributed by atoms with E-state index in [0.29, 0.717) is 6.54 Å². The first kappa shape index (κ1) is 16.5. The van der Waals surface area contributed by atoms with Crippen molar-refractivity contribution in [3.05, 3.63) is 77.9 Å². The van der Waals surface area contributed by atoms with Crippen molar-refractivity contribution in [1.82, 2.24) is 5.32 Å². The third-order valence-corrected chi connectivity index (χ3v) is 4.40. The molecule has 0 saturated carbocycles. The number of hydrogen-bond acceptors (Lipinski definition) is 3. The maximum absolute atomic E-state index is 6.01. The Labute approximate surface area is 143 Å². The quantitative estimate of drug-likeness (QED) is 0.700. The highest BCUT2D eigenvalue weighted by molar-refractivity contribution is 5.85. The molecule has 124 valence electrons. The Morgan fingerprint density at radius 3 is 2.46 bits per heavy atom. The highest BCUT2D eigenvalue weighted by Gasteiger charge is 2.11. The summed E-state index contributed by atoms with van der Waals surface area (Å²) < 4.78 is 5.42. The lowest BCUT2D eigenvalue weighted by atomic mass is 9.98. The summed E-state index contributed by atoms with van der Waals surface area (Å²) in [4.78, 5) is 0. The van der Waals surface area contributed by atoms with Gasteiger partial charge in [0.2, 0.25) is 0 Å². The summed E-state index contributed by atoms with van der Waals surface area (Å²) in [7, 11) is 1.70. The molecule has 1 atom stereocenters. The summed E-state index contributed by atoms with van der Waals surface area (Å²) in [6.07, 6.45) is 0.910. The van der Waals surface area contributed by atoms with Crippen LogP contribution in [0.2, 0.25) is 0 Å². The summed E-state index contributed by atoms with van der Waals surface area (Å²) >= 11 is 0. The van der Waals surface area contributed by atoms with Crippen LogP contribution in [0.5, 0.6) is 5.75 Å². The summed E-state index contributed by atoms with van der Waals surface area (Å²) in [5.41, 5.74) is 8.48. The average molecular weight is 320 g/mol. The van der Waals surface area contributed by atoms with Gasteiger partial charge in [-0.15, -0.1) is 0 Å². The molecule has 3 aromatic carbocycles. The lowest BCUT2D eigenvalue weighted by Gasteiger charge is -2.19. The fourth-order valence-electron chi connectivity index (χ4n) is 3.08. The second-order valence-corrected chi connectivity index (χ2v) is 5.97. The van der Waals surface area contributed by atoms with Crippen LogP contribution in [0.3, 0.4) is 0 Å². The molecule has 24 heavy (non-hydrogen) atoms. The molecule has 3 nitrogen and oxygen atoms in total. The number of fused-ring (bicyclic) bond motifs is 1. The van der Waals surface area contributed by atoms with Crippen molar-refractivity contribution in [2.24, 2.45) is 5.73 Å². The molecule has 0 aliphatic carbocycles. The number of methoxy groups -OCH3 is 1. The zero-order valence-corrected chi connectivity index (χ0v) is 14.0. The number of ether oxygens (including phenoxy) is 1. The van der Waals surface area contributed by atoms with Gasteiger partial charge in [-0.1, -0.05) is 60.7 Å². The molecule has 0 aliphatic rings. The minimum absolute atomic E-state index is 0.223. The van der Waals surface area contributed by atoms with Crippen LogP contribution in [0.1, 0.15) is 11.1 Å². The molecule has 0 amide bonds. The Hall–Kier alpha value is -2.36. The number of para-hydroxylation sites is 1. The van der Waals surface area contributed by atoms with Crippen molar-refractivity contribution in [2.45, 2.75) is 19.0 Å². The highest BCUT2D eigenvalue weighted by Crippen LogP contribution is 2.20. The van der Waals surface area contributed by atoms with Crippen molar-refractivity contribution < 1.29 is 4.74 Å². The Balaban J connectivity index is 1.72. The van der Waals surface area contributed by atoms with Crippen molar-refractivity contribution in [1.29, 1.82) is 0 Å². The predicted octanol–water partition coefficient (Wildman–Crippen LogP) is 3.51. The van der Waals surface area contributed by atoms with Crippen molar-refractivity contribution in [3.8, 4) is 5.75 Å². The van der Waals surface area contributed by atoms with Gasteiger partial charge in [0.05, 0.1) is 7.11 Å². The molecule has 1 unspecified atom stereocenters. The smallest absolute Gasteiger partial charge is 0.123 e. The molecule has 0 heterocycles. The van der Waals surface area contributed by atoms with Crippen LogP contribution < -0.4 is 15.8 Å². The molecule has 0 saturated heterocycles. The minimum Gasteiger partial charge on any atom is -0.496 e. The first-order valence-corrected chi connectivity index (χ1v) is 8.34. The second-order valence-electron chi connectivity index (χ2n) is 5.97. The molecule has 0 radical (unpaired) electrons. The molecular formula is C21H24N2O. The van der Waals surface area contributed by atoms with Gasteiger partial charge in [-0.25, -0.2) is 0 Å². The fraction of sp³-hybridized carbons (Fsp3) is 0.238. The first-order valence-electron chi connectivity index (χ1n) is 8.34. The monoisotopic (exact) mass is 320 g/mol. The van der Waals surface area contributed by atoms with Crippen molar-refractivity contribution in [2.75, 3.05) is 13.7 Å². The summed E-state index contributed by atoms with van der Waals surface area (Å²) in [6, 6.07) is 23.3. The van der Waals surface area contributed by atoms with Crippen LogP contribution in [-0.4, -0.2) is 19.7 Å². The maximum Gasteiger partial charge on any atom is 0.123 e. The first-order chi connectivity index (χ1) is 11.8. The van der Waals surface area contributed by atoms with Gasteiger partial charge in [-0.3, -0.25) is 0 Å². The highest BCUT2D eigenvalue weighted by atomic mass is 16.5. The molecule has 3 rings (SSSR count). The zero-order chi connectivity index (χ0) is 16.8.